The largest absolute Gasteiger partial charge is 0.378 e. The summed E-state index contributed by atoms with van der Waals surface area (Å²) < 4.78 is 5.35. The average Bonchev–Trinajstić information content (AvgIpc) is 2.70. The van der Waals surface area contributed by atoms with Gasteiger partial charge in [-0.15, -0.1) is 0 Å². The summed E-state index contributed by atoms with van der Waals surface area (Å²) in [6, 6.07) is 8.29. The molecule has 0 bridgehead atoms. The molecule has 148 valence electrons. The van der Waals surface area contributed by atoms with Gasteiger partial charge in [0, 0.05) is 30.9 Å². The van der Waals surface area contributed by atoms with Gasteiger partial charge < -0.3 is 19.9 Å². The Hall–Kier alpha value is -2.08. The van der Waals surface area contributed by atoms with Gasteiger partial charge in [0.05, 0.1) is 25.7 Å². The van der Waals surface area contributed by atoms with E-state index in [4.69, 9.17) is 4.74 Å². The number of morpholine rings is 1. The summed E-state index contributed by atoms with van der Waals surface area (Å²) in [4.78, 5) is 29.6. The highest BCUT2D eigenvalue weighted by atomic mass is 16.5. The Labute approximate surface area is 161 Å². The van der Waals surface area contributed by atoms with Gasteiger partial charge in [0.25, 0.3) is 0 Å². The summed E-state index contributed by atoms with van der Waals surface area (Å²) in [5, 5.41) is 3.12. The minimum absolute atomic E-state index is 0.0859. The second-order valence-corrected chi connectivity index (χ2v) is 7.64. The molecule has 6 nitrogen and oxygen atoms in total. The van der Waals surface area contributed by atoms with Crippen LogP contribution < -0.4 is 10.2 Å². The van der Waals surface area contributed by atoms with Crippen LogP contribution in [0.5, 0.6) is 0 Å². The number of para-hydroxylation sites is 1. The molecule has 0 aliphatic carbocycles. The Morgan fingerprint density at radius 1 is 1.26 bits per heavy atom. The molecule has 0 spiro atoms. The zero-order valence-corrected chi connectivity index (χ0v) is 16.6. The molecule has 27 heavy (non-hydrogen) atoms. The molecule has 1 N–H and O–H groups in total. The lowest BCUT2D eigenvalue weighted by atomic mass is 9.85. The van der Waals surface area contributed by atoms with E-state index in [1.165, 1.54) is 0 Å². The van der Waals surface area contributed by atoms with Crippen molar-refractivity contribution in [3.05, 3.63) is 29.8 Å². The van der Waals surface area contributed by atoms with E-state index in [9.17, 15) is 9.59 Å². The Balaban J connectivity index is 1.79. The maximum absolute atomic E-state index is 12.8. The molecule has 2 aliphatic rings. The summed E-state index contributed by atoms with van der Waals surface area (Å²) in [5.74, 6) is 0.0465. The summed E-state index contributed by atoms with van der Waals surface area (Å²) in [6.45, 7) is 9.07. The lowest BCUT2D eigenvalue weighted by Gasteiger charge is -2.41. The van der Waals surface area contributed by atoms with Crippen molar-refractivity contribution in [3.8, 4) is 0 Å². The highest BCUT2D eigenvalue weighted by molar-refractivity contribution is 5.88. The van der Waals surface area contributed by atoms with Crippen molar-refractivity contribution < 1.29 is 14.3 Å². The summed E-state index contributed by atoms with van der Waals surface area (Å²) in [5.41, 5.74) is 2.02. The number of nitrogens with one attached hydrogen (secondary N) is 1. The first kappa shape index (κ1) is 19.7. The molecule has 3 atom stereocenters. The smallest absolute Gasteiger partial charge is 0.242 e. The quantitative estimate of drug-likeness (QED) is 0.859. The standard InChI is InChI=1S/C21H31N3O3/c1-4-15(2)22-21(26)18-13-16(3)24(19-8-6-5-7-17(18)19)14-20(25)23-9-11-27-12-10-23/h5-8,15-16,18H,4,9-14H2,1-3H3,(H,22,26)/t15-,16+,18+/m0/s1. The Kier molecular flexibility index (Phi) is 6.37. The van der Waals surface area contributed by atoms with Crippen LogP contribution in [-0.4, -0.2) is 61.6 Å². The van der Waals surface area contributed by atoms with Crippen LogP contribution in [0.2, 0.25) is 0 Å². The van der Waals surface area contributed by atoms with Gasteiger partial charge in [-0.1, -0.05) is 25.1 Å². The second-order valence-electron chi connectivity index (χ2n) is 7.64. The van der Waals surface area contributed by atoms with E-state index in [0.717, 1.165) is 24.1 Å². The number of hydrogen-bond donors (Lipinski definition) is 1. The fourth-order valence-electron chi connectivity index (χ4n) is 3.87. The molecule has 0 radical (unpaired) electrons. The number of rotatable bonds is 5. The molecule has 1 aromatic carbocycles. The molecule has 1 fully saturated rings. The molecule has 0 aromatic heterocycles. The fraction of sp³-hybridized carbons (Fsp3) is 0.619. The number of anilines is 1. The first-order valence-corrected chi connectivity index (χ1v) is 10.0. The molecule has 0 unspecified atom stereocenters. The molecule has 2 amide bonds. The van der Waals surface area contributed by atoms with Gasteiger partial charge in [-0.05, 0) is 38.3 Å². The van der Waals surface area contributed by atoms with E-state index in [0.29, 0.717) is 32.8 Å². The first-order chi connectivity index (χ1) is 13.0. The summed E-state index contributed by atoms with van der Waals surface area (Å²) >= 11 is 0. The third-order valence-electron chi connectivity index (χ3n) is 5.72. The van der Waals surface area contributed by atoms with Crippen LogP contribution in [0, 0.1) is 0 Å². The number of fused-ring (bicyclic) bond motifs is 1. The predicted molar refractivity (Wildman–Crippen MR) is 106 cm³/mol. The molecule has 6 heteroatoms. The molecular formula is C21H31N3O3. The van der Waals surface area contributed by atoms with Crippen LogP contribution >= 0.6 is 0 Å². The first-order valence-electron chi connectivity index (χ1n) is 10.0. The van der Waals surface area contributed by atoms with Gasteiger partial charge in [-0.3, -0.25) is 9.59 Å². The number of nitrogens with zero attached hydrogens (tertiary/aromatic N) is 2. The molecule has 2 heterocycles. The number of benzene rings is 1. The number of ether oxygens (including phenoxy) is 1. The predicted octanol–water partition coefficient (Wildman–Crippen LogP) is 2.14. The average molecular weight is 373 g/mol. The fourth-order valence-corrected chi connectivity index (χ4v) is 3.87. The number of carbonyl (C=O) groups is 2. The SMILES string of the molecule is CC[C@H](C)NC(=O)[C@@H]1C[C@@H](C)N(CC(=O)N2CCOCC2)c2ccccc21. The molecule has 1 saturated heterocycles. The summed E-state index contributed by atoms with van der Waals surface area (Å²) in [7, 11) is 0. The Morgan fingerprint density at radius 3 is 2.67 bits per heavy atom. The van der Waals surface area contributed by atoms with Crippen molar-refractivity contribution in [2.75, 3.05) is 37.7 Å². The Morgan fingerprint density at radius 2 is 1.96 bits per heavy atom. The maximum Gasteiger partial charge on any atom is 0.242 e. The highest BCUT2D eigenvalue weighted by Gasteiger charge is 2.35. The van der Waals surface area contributed by atoms with E-state index in [-0.39, 0.29) is 29.8 Å². The number of carbonyl (C=O) groups excluding carboxylic acids is 2. The monoisotopic (exact) mass is 373 g/mol. The lowest BCUT2D eigenvalue weighted by molar-refractivity contribution is -0.133. The lowest BCUT2D eigenvalue weighted by Crippen LogP contribution is -2.50. The minimum atomic E-state index is -0.167. The molecular weight excluding hydrogens is 342 g/mol. The molecule has 1 aromatic rings. The van der Waals surface area contributed by atoms with Crippen LogP contribution in [0.4, 0.5) is 5.69 Å². The van der Waals surface area contributed by atoms with Gasteiger partial charge in [0.1, 0.15) is 0 Å². The minimum Gasteiger partial charge on any atom is -0.378 e. The van der Waals surface area contributed by atoms with Crippen molar-refractivity contribution in [1.82, 2.24) is 10.2 Å². The summed E-state index contributed by atoms with van der Waals surface area (Å²) in [6.07, 6.45) is 1.63. The Bertz CT molecular complexity index is 672. The topological polar surface area (TPSA) is 61.9 Å². The zero-order valence-electron chi connectivity index (χ0n) is 16.6. The highest BCUT2D eigenvalue weighted by Crippen LogP contribution is 2.38. The molecule has 0 saturated carbocycles. The van der Waals surface area contributed by atoms with Crippen LogP contribution in [0.15, 0.2) is 24.3 Å². The van der Waals surface area contributed by atoms with E-state index in [1.807, 2.05) is 36.1 Å². The van der Waals surface area contributed by atoms with Gasteiger partial charge in [-0.2, -0.15) is 0 Å². The van der Waals surface area contributed by atoms with Gasteiger partial charge >= 0.3 is 0 Å². The van der Waals surface area contributed by atoms with Crippen LogP contribution in [-0.2, 0) is 14.3 Å². The van der Waals surface area contributed by atoms with Crippen molar-refractivity contribution in [3.63, 3.8) is 0 Å². The van der Waals surface area contributed by atoms with Crippen molar-refractivity contribution in [2.24, 2.45) is 0 Å². The van der Waals surface area contributed by atoms with E-state index in [1.54, 1.807) is 0 Å². The number of hydrogen-bond acceptors (Lipinski definition) is 4. The van der Waals surface area contributed by atoms with E-state index >= 15 is 0 Å². The van der Waals surface area contributed by atoms with Gasteiger partial charge in [0.15, 0.2) is 0 Å². The van der Waals surface area contributed by atoms with Crippen LogP contribution in [0.1, 0.15) is 45.1 Å². The maximum atomic E-state index is 12.8. The van der Waals surface area contributed by atoms with Crippen molar-refractivity contribution in [1.29, 1.82) is 0 Å². The van der Waals surface area contributed by atoms with Gasteiger partial charge in [-0.25, -0.2) is 0 Å². The molecule has 3 rings (SSSR count). The zero-order chi connectivity index (χ0) is 19.4. The second kappa shape index (κ2) is 8.74. The third-order valence-corrected chi connectivity index (χ3v) is 5.72. The van der Waals surface area contributed by atoms with Crippen LogP contribution in [0.25, 0.3) is 0 Å². The van der Waals surface area contributed by atoms with Crippen LogP contribution in [0.3, 0.4) is 0 Å². The van der Waals surface area contributed by atoms with Crippen molar-refractivity contribution >= 4 is 17.5 Å². The van der Waals surface area contributed by atoms with Gasteiger partial charge in [0.2, 0.25) is 11.8 Å². The van der Waals surface area contributed by atoms with E-state index < -0.39 is 0 Å². The van der Waals surface area contributed by atoms with E-state index in [2.05, 4.69) is 24.1 Å². The number of amides is 2. The normalized spacial score (nSPS) is 23.5. The third kappa shape index (κ3) is 4.43. The van der Waals surface area contributed by atoms with Crippen molar-refractivity contribution in [2.45, 2.75) is 51.6 Å². The molecule has 2 aliphatic heterocycles.